The molecule has 0 aromatic rings. The van der Waals surface area contributed by atoms with Crippen molar-refractivity contribution in [1.29, 1.82) is 0 Å². The quantitative estimate of drug-likeness (QED) is 0.307. The number of hydrogen-bond donors (Lipinski definition) is 3. The molecule has 0 saturated heterocycles. The van der Waals surface area contributed by atoms with Crippen LogP contribution in [0.1, 0.15) is 32.6 Å². The van der Waals surface area contributed by atoms with E-state index in [0.717, 1.165) is 25.7 Å². The van der Waals surface area contributed by atoms with Crippen molar-refractivity contribution in [3.05, 3.63) is 0 Å². The highest BCUT2D eigenvalue weighted by Crippen LogP contribution is 2.29. The summed E-state index contributed by atoms with van der Waals surface area (Å²) in [6.07, 6.45) is 3.97. The molecule has 1 aliphatic carbocycles. The van der Waals surface area contributed by atoms with Crippen LogP contribution in [0.4, 0.5) is 0 Å². The number of nitrogens with one attached hydrogen (secondary N) is 1. The van der Waals surface area contributed by atoms with Crippen LogP contribution in [0.5, 0.6) is 0 Å². The molecule has 0 bridgehead atoms. The largest absolute Gasteiger partial charge is 0.395 e. The summed E-state index contributed by atoms with van der Waals surface area (Å²) in [5.74, 6) is 5.03. The van der Waals surface area contributed by atoms with Crippen molar-refractivity contribution in [2.75, 3.05) is 13.2 Å². The van der Waals surface area contributed by atoms with Crippen LogP contribution >= 0.6 is 0 Å². The van der Waals surface area contributed by atoms with Gasteiger partial charge in [0.15, 0.2) is 0 Å². The van der Waals surface area contributed by atoms with Gasteiger partial charge in [0.2, 0.25) is 0 Å². The molecule has 4 N–H and O–H groups in total. The van der Waals surface area contributed by atoms with Crippen LogP contribution in [-0.2, 0) is 4.79 Å². The van der Waals surface area contributed by atoms with Crippen LogP contribution < -0.4 is 11.3 Å². The predicted octanol–water partition coefficient (Wildman–Crippen LogP) is -0.398. The highest BCUT2D eigenvalue weighted by Gasteiger charge is 2.36. The molecular formula is C10H21N3O2. The van der Waals surface area contributed by atoms with Gasteiger partial charge in [-0.25, -0.2) is 5.84 Å². The molecule has 1 atom stereocenters. The molecule has 1 rings (SSSR count). The van der Waals surface area contributed by atoms with Crippen molar-refractivity contribution >= 4 is 5.91 Å². The van der Waals surface area contributed by atoms with E-state index < -0.39 is 0 Å². The number of hydrazine groups is 1. The summed E-state index contributed by atoms with van der Waals surface area (Å²) < 4.78 is 0. The van der Waals surface area contributed by atoms with Crippen molar-refractivity contribution in [2.24, 2.45) is 5.84 Å². The van der Waals surface area contributed by atoms with Gasteiger partial charge in [-0.1, -0.05) is 13.3 Å². The van der Waals surface area contributed by atoms with Crippen LogP contribution in [0.25, 0.3) is 0 Å². The number of nitrogens with two attached hydrogens (primary N) is 1. The Morgan fingerprint density at radius 2 is 2.33 bits per heavy atom. The lowest BCUT2D eigenvalue weighted by Gasteiger charge is -2.29. The Kier molecular flexibility index (Phi) is 5.01. The summed E-state index contributed by atoms with van der Waals surface area (Å²) in [6, 6.07) is 0.283. The standard InChI is InChI=1S/C10H21N3O2/c1-2-3-9(10(15)12-11)13(6-7-14)8-4-5-8/h8-9,14H,2-7,11H2,1H3,(H,12,15). The van der Waals surface area contributed by atoms with Crippen molar-refractivity contribution in [2.45, 2.75) is 44.7 Å². The van der Waals surface area contributed by atoms with Gasteiger partial charge in [-0.3, -0.25) is 15.1 Å². The van der Waals surface area contributed by atoms with Gasteiger partial charge < -0.3 is 5.11 Å². The van der Waals surface area contributed by atoms with E-state index in [4.69, 9.17) is 10.9 Å². The number of aliphatic hydroxyl groups is 1. The lowest BCUT2D eigenvalue weighted by atomic mass is 10.1. The second kappa shape index (κ2) is 6.05. The van der Waals surface area contributed by atoms with Crippen molar-refractivity contribution < 1.29 is 9.90 Å². The molecule has 0 radical (unpaired) electrons. The smallest absolute Gasteiger partial charge is 0.251 e. The molecule has 5 heteroatoms. The molecule has 5 nitrogen and oxygen atoms in total. The van der Waals surface area contributed by atoms with E-state index in [-0.39, 0.29) is 18.6 Å². The van der Waals surface area contributed by atoms with E-state index in [1.165, 1.54) is 0 Å². The monoisotopic (exact) mass is 215 g/mol. The van der Waals surface area contributed by atoms with E-state index in [1.54, 1.807) is 0 Å². The molecule has 1 unspecified atom stereocenters. The van der Waals surface area contributed by atoms with Gasteiger partial charge in [-0.2, -0.15) is 0 Å². The zero-order valence-corrected chi connectivity index (χ0v) is 9.28. The lowest BCUT2D eigenvalue weighted by molar-refractivity contribution is -0.127. The first kappa shape index (κ1) is 12.4. The molecule has 88 valence electrons. The highest BCUT2D eigenvalue weighted by atomic mass is 16.3. The first-order valence-electron chi connectivity index (χ1n) is 5.61. The summed E-state index contributed by atoms with van der Waals surface area (Å²) >= 11 is 0. The SMILES string of the molecule is CCCC(C(=O)NN)N(CCO)C1CC1. The molecular weight excluding hydrogens is 194 g/mol. The molecule has 1 aliphatic rings. The van der Waals surface area contributed by atoms with Gasteiger partial charge in [-0.05, 0) is 19.3 Å². The Morgan fingerprint density at radius 1 is 1.67 bits per heavy atom. The van der Waals surface area contributed by atoms with Crippen LogP contribution in [0.2, 0.25) is 0 Å². The maximum Gasteiger partial charge on any atom is 0.251 e. The second-order valence-corrected chi connectivity index (χ2v) is 4.01. The summed E-state index contributed by atoms with van der Waals surface area (Å²) in [5, 5.41) is 8.98. The molecule has 1 saturated carbocycles. The summed E-state index contributed by atoms with van der Waals surface area (Å²) in [6.45, 7) is 2.69. The summed E-state index contributed by atoms with van der Waals surface area (Å²) in [5.41, 5.74) is 2.21. The Hall–Kier alpha value is -0.650. The normalized spacial score (nSPS) is 17.9. The fourth-order valence-electron chi connectivity index (χ4n) is 1.93. The van der Waals surface area contributed by atoms with Gasteiger partial charge in [0, 0.05) is 12.6 Å². The van der Waals surface area contributed by atoms with Gasteiger partial charge in [0.1, 0.15) is 0 Å². The molecule has 1 fully saturated rings. The first-order chi connectivity index (χ1) is 7.24. The molecule has 1 amide bonds. The zero-order chi connectivity index (χ0) is 11.3. The molecule has 0 aliphatic heterocycles. The Balaban J connectivity index is 2.60. The minimum atomic E-state index is -0.181. The van der Waals surface area contributed by atoms with E-state index in [2.05, 4.69) is 10.3 Å². The average Bonchev–Trinajstić information content (AvgIpc) is 3.06. The van der Waals surface area contributed by atoms with Crippen LogP contribution in [0.3, 0.4) is 0 Å². The van der Waals surface area contributed by atoms with E-state index in [0.29, 0.717) is 12.6 Å². The third-order valence-electron chi connectivity index (χ3n) is 2.78. The fraction of sp³-hybridized carbons (Fsp3) is 0.900. The minimum Gasteiger partial charge on any atom is -0.395 e. The van der Waals surface area contributed by atoms with Crippen molar-refractivity contribution in [3.63, 3.8) is 0 Å². The molecule has 0 spiro atoms. The third kappa shape index (κ3) is 3.44. The number of aliphatic hydroxyl groups excluding tert-OH is 1. The van der Waals surface area contributed by atoms with Gasteiger partial charge in [0.05, 0.1) is 12.6 Å². The summed E-state index contributed by atoms with van der Waals surface area (Å²) in [7, 11) is 0. The number of amides is 1. The predicted molar refractivity (Wildman–Crippen MR) is 57.8 cm³/mol. The Bertz CT molecular complexity index is 207. The second-order valence-electron chi connectivity index (χ2n) is 4.01. The maximum atomic E-state index is 11.6. The molecule has 0 aromatic heterocycles. The van der Waals surface area contributed by atoms with E-state index >= 15 is 0 Å². The van der Waals surface area contributed by atoms with Gasteiger partial charge >= 0.3 is 0 Å². The lowest BCUT2D eigenvalue weighted by Crippen LogP contribution is -2.50. The highest BCUT2D eigenvalue weighted by molar-refractivity contribution is 5.81. The first-order valence-corrected chi connectivity index (χ1v) is 5.61. The number of carbonyl (C=O) groups excluding carboxylic acids is 1. The fourth-order valence-corrected chi connectivity index (χ4v) is 1.93. The van der Waals surface area contributed by atoms with Crippen LogP contribution in [0, 0.1) is 0 Å². The van der Waals surface area contributed by atoms with Crippen LogP contribution in [0.15, 0.2) is 0 Å². The average molecular weight is 215 g/mol. The maximum absolute atomic E-state index is 11.6. The molecule has 0 heterocycles. The van der Waals surface area contributed by atoms with Crippen molar-refractivity contribution in [1.82, 2.24) is 10.3 Å². The van der Waals surface area contributed by atoms with Gasteiger partial charge in [-0.15, -0.1) is 0 Å². The number of rotatable bonds is 7. The topological polar surface area (TPSA) is 78.6 Å². The van der Waals surface area contributed by atoms with Gasteiger partial charge in [0.25, 0.3) is 5.91 Å². The Labute approximate surface area is 90.6 Å². The van der Waals surface area contributed by atoms with E-state index in [9.17, 15) is 4.79 Å². The molecule has 15 heavy (non-hydrogen) atoms. The van der Waals surface area contributed by atoms with E-state index in [1.807, 2.05) is 6.92 Å². The van der Waals surface area contributed by atoms with Crippen molar-refractivity contribution in [3.8, 4) is 0 Å². The number of carbonyl (C=O) groups is 1. The Morgan fingerprint density at radius 3 is 2.73 bits per heavy atom. The zero-order valence-electron chi connectivity index (χ0n) is 9.28. The number of nitrogens with zero attached hydrogens (tertiary/aromatic N) is 1. The molecule has 0 aromatic carbocycles. The minimum absolute atomic E-state index is 0.0918. The number of hydrogen-bond acceptors (Lipinski definition) is 4. The summed E-state index contributed by atoms with van der Waals surface area (Å²) in [4.78, 5) is 13.7. The third-order valence-corrected chi connectivity index (χ3v) is 2.78. The van der Waals surface area contributed by atoms with Crippen LogP contribution in [-0.4, -0.2) is 41.1 Å².